The molecule has 0 saturated carbocycles. The van der Waals surface area contributed by atoms with Crippen LogP contribution in [0.3, 0.4) is 0 Å². The predicted octanol–water partition coefficient (Wildman–Crippen LogP) is 1.96. The van der Waals surface area contributed by atoms with E-state index in [1.807, 2.05) is 6.92 Å². The molecule has 0 amide bonds. The number of rotatable bonds is 5. The molecule has 60 valence electrons. The van der Waals surface area contributed by atoms with Crippen LogP contribution in [0.15, 0.2) is 0 Å². The number of methoxy groups -OCH3 is 1. The van der Waals surface area contributed by atoms with Gasteiger partial charge in [0, 0.05) is 13.5 Å². The van der Waals surface area contributed by atoms with Crippen molar-refractivity contribution in [2.75, 3.05) is 7.11 Å². The summed E-state index contributed by atoms with van der Waals surface area (Å²) < 4.78 is 4.98. The fourth-order valence-electron chi connectivity index (χ4n) is 0.646. The van der Waals surface area contributed by atoms with E-state index in [1.165, 1.54) is 0 Å². The summed E-state index contributed by atoms with van der Waals surface area (Å²) >= 11 is 5.12. The zero-order valence-corrected chi connectivity index (χ0v) is 7.15. The standard InChI is InChI=1S/C7H13ClO2/c1-6(10-2)4-3-5-7(8)9/h6H,3-5H2,1-2H3. The van der Waals surface area contributed by atoms with Crippen LogP contribution in [0.2, 0.25) is 0 Å². The van der Waals surface area contributed by atoms with Crippen LogP contribution in [0.25, 0.3) is 0 Å². The Morgan fingerprint density at radius 1 is 1.70 bits per heavy atom. The van der Waals surface area contributed by atoms with Crippen molar-refractivity contribution >= 4 is 16.8 Å². The van der Waals surface area contributed by atoms with Gasteiger partial charge in [0.05, 0.1) is 6.10 Å². The number of hydrogen-bond donors (Lipinski definition) is 0. The van der Waals surface area contributed by atoms with Crippen LogP contribution in [0.4, 0.5) is 0 Å². The largest absolute Gasteiger partial charge is 0.382 e. The fraction of sp³-hybridized carbons (Fsp3) is 0.857. The fourth-order valence-corrected chi connectivity index (χ4v) is 0.780. The zero-order valence-electron chi connectivity index (χ0n) is 6.39. The highest BCUT2D eigenvalue weighted by molar-refractivity contribution is 6.63. The topological polar surface area (TPSA) is 26.3 Å². The van der Waals surface area contributed by atoms with E-state index in [2.05, 4.69) is 0 Å². The van der Waals surface area contributed by atoms with E-state index in [9.17, 15) is 4.79 Å². The minimum Gasteiger partial charge on any atom is -0.382 e. The second-order valence-electron chi connectivity index (χ2n) is 2.29. The van der Waals surface area contributed by atoms with Gasteiger partial charge in [0.1, 0.15) is 0 Å². The van der Waals surface area contributed by atoms with E-state index in [4.69, 9.17) is 16.3 Å². The van der Waals surface area contributed by atoms with E-state index in [0.29, 0.717) is 6.42 Å². The summed E-state index contributed by atoms with van der Waals surface area (Å²) in [6.07, 6.45) is 2.40. The Kier molecular flexibility index (Phi) is 5.64. The first kappa shape index (κ1) is 9.92. The third-order valence-corrected chi connectivity index (χ3v) is 1.58. The molecule has 1 unspecified atom stereocenters. The third-order valence-electron chi connectivity index (χ3n) is 1.39. The van der Waals surface area contributed by atoms with E-state index in [0.717, 1.165) is 12.8 Å². The van der Waals surface area contributed by atoms with Gasteiger partial charge < -0.3 is 4.74 Å². The smallest absolute Gasteiger partial charge is 0.221 e. The lowest BCUT2D eigenvalue weighted by Gasteiger charge is -2.06. The minimum atomic E-state index is -0.261. The van der Waals surface area contributed by atoms with Crippen molar-refractivity contribution in [1.82, 2.24) is 0 Å². The van der Waals surface area contributed by atoms with E-state index < -0.39 is 0 Å². The predicted molar refractivity (Wildman–Crippen MR) is 41.2 cm³/mol. The molecule has 0 fully saturated rings. The van der Waals surface area contributed by atoms with E-state index in [-0.39, 0.29) is 11.3 Å². The van der Waals surface area contributed by atoms with Crippen LogP contribution in [-0.4, -0.2) is 18.5 Å². The zero-order chi connectivity index (χ0) is 7.98. The van der Waals surface area contributed by atoms with Gasteiger partial charge in [-0.05, 0) is 31.4 Å². The molecule has 0 aromatic rings. The Morgan fingerprint density at radius 2 is 2.30 bits per heavy atom. The van der Waals surface area contributed by atoms with E-state index >= 15 is 0 Å². The van der Waals surface area contributed by atoms with Crippen molar-refractivity contribution in [3.05, 3.63) is 0 Å². The molecule has 0 aromatic carbocycles. The molecule has 0 heterocycles. The Bertz CT molecular complexity index is 104. The van der Waals surface area contributed by atoms with Gasteiger partial charge in [0.2, 0.25) is 5.24 Å². The van der Waals surface area contributed by atoms with Crippen LogP contribution in [-0.2, 0) is 9.53 Å². The van der Waals surface area contributed by atoms with E-state index in [1.54, 1.807) is 7.11 Å². The highest BCUT2D eigenvalue weighted by Crippen LogP contribution is 2.04. The van der Waals surface area contributed by atoms with Crippen molar-refractivity contribution in [3.63, 3.8) is 0 Å². The maximum absolute atomic E-state index is 10.2. The second-order valence-corrected chi connectivity index (χ2v) is 2.72. The highest BCUT2D eigenvalue weighted by atomic mass is 35.5. The Labute approximate surface area is 66.5 Å². The van der Waals surface area contributed by atoms with Gasteiger partial charge >= 0.3 is 0 Å². The van der Waals surface area contributed by atoms with Gasteiger partial charge in [-0.25, -0.2) is 0 Å². The lowest BCUT2D eigenvalue weighted by Crippen LogP contribution is -2.04. The van der Waals surface area contributed by atoms with Gasteiger partial charge in [0.25, 0.3) is 0 Å². The summed E-state index contributed by atoms with van der Waals surface area (Å²) in [6.45, 7) is 1.97. The lowest BCUT2D eigenvalue weighted by molar-refractivity contribution is -0.111. The van der Waals surface area contributed by atoms with Crippen molar-refractivity contribution in [3.8, 4) is 0 Å². The number of carbonyl (C=O) groups is 1. The Morgan fingerprint density at radius 3 is 2.70 bits per heavy atom. The van der Waals surface area contributed by atoms with Gasteiger partial charge in [0.15, 0.2) is 0 Å². The monoisotopic (exact) mass is 164 g/mol. The molecule has 2 nitrogen and oxygen atoms in total. The molecule has 0 aromatic heterocycles. The van der Waals surface area contributed by atoms with Gasteiger partial charge in [-0.2, -0.15) is 0 Å². The molecule has 0 radical (unpaired) electrons. The van der Waals surface area contributed by atoms with Crippen LogP contribution in [0, 0.1) is 0 Å². The summed E-state index contributed by atoms with van der Waals surface area (Å²) in [5.41, 5.74) is 0. The van der Waals surface area contributed by atoms with Crippen LogP contribution >= 0.6 is 11.6 Å². The molecule has 0 bridgehead atoms. The number of hydrogen-bond acceptors (Lipinski definition) is 2. The molecule has 0 spiro atoms. The maximum Gasteiger partial charge on any atom is 0.221 e. The Balaban J connectivity index is 3.11. The molecule has 0 aliphatic heterocycles. The Hall–Kier alpha value is -0.0800. The van der Waals surface area contributed by atoms with Crippen LogP contribution in [0.5, 0.6) is 0 Å². The van der Waals surface area contributed by atoms with Gasteiger partial charge in [-0.15, -0.1) is 0 Å². The van der Waals surface area contributed by atoms with Crippen molar-refractivity contribution in [2.45, 2.75) is 32.3 Å². The first-order valence-corrected chi connectivity index (χ1v) is 3.75. The quantitative estimate of drug-likeness (QED) is 0.581. The molecule has 1 atom stereocenters. The number of carbonyl (C=O) groups excluding carboxylic acids is 1. The van der Waals surface area contributed by atoms with Gasteiger partial charge in [-0.3, -0.25) is 4.79 Å². The molecule has 0 aliphatic carbocycles. The first-order valence-electron chi connectivity index (χ1n) is 3.38. The SMILES string of the molecule is COC(C)CCCC(=O)Cl. The molecule has 10 heavy (non-hydrogen) atoms. The van der Waals surface area contributed by atoms with Crippen molar-refractivity contribution in [2.24, 2.45) is 0 Å². The third kappa shape index (κ3) is 6.05. The second kappa shape index (κ2) is 5.69. The average molecular weight is 165 g/mol. The summed E-state index contributed by atoms with van der Waals surface area (Å²) in [5.74, 6) is 0. The summed E-state index contributed by atoms with van der Waals surface area (Å²) in [4.78, 5) is 10.2. The van der Waals surface area contributed by atoms with Crippen molar-refractivity contribution in [1.29, 1.82) is 0 Å². The molecule has 0 aliphatic rings. The van der Waals surface area contributed by atoms with Crippen LogP contribution in [0.1, 0.15) is 26.2 Å². The normalized spacial score (nSPS) is 13.1. The summed E-state index contributed by atoms with van der Waals surface area (Å²) in [6, 6.07) is 0. The molecular formula is C7H13ClO2. The molecule has 0 N–H and O–H groups in total. The molecule has 0 saturated heterocycles. The van der Waals surface area contributed by atoms with Crippen LogP contribution < -0.4 is 0 Å². The average Bonchev–Trinajstić information content (AvgIpc) is 1.87. The molecule has 0 rings (SSSR count). The number of halogens is 1. The highest BCUT2D eigenvalue weighted by Gasteiger charge is 2.00. The lowest BCUT2D eigenvalue weighted by atomic mass is 10.2. The number of ether oxygens (including phenoxy) is 1. The minimum absolute atomic E-state index is 0.232. The first-order chi connectivity index (χ1) is 4.66. The van der Waals surface area contributed by atoms with Gasteiger partial charge in [-0.1, -0.05) is 0 Å². The van der Waals surface area contributed by atoms with Crippen molar-refractivity contribution < 1.29 is 9.53 Å². The molecule has 3 heteroatoms. The summed E-state index contributed by atoms with van der Waals surface area (Å²) in [7, 11) is 1.66. The maximum atomic E-state index is 10.2. The molecular weight excluding hydrogens is 152 g/mol. The summed E-state index contributed by atoms with van der Waals surface area (Å²) in [5, 5.41) is -0.261.